The second-order valence-electron chi connectivity index (χ2n) is 7.17. The normalized spacial score (nSPS) is 11.3. The summed E-state index contributed by atoms with van der Waals surface area (Å²) in [4.78, 5) is 17.8. The van der Waals surface area contributed by atoms with Crippen molar-refractivity contribution < 1.29 is 4.79 Å². The summed E-state index contributed by atoms with van der Waals surface area (Å²) >= 11 is 14.0. The standard InChI is InChI=1S/C23H20Cl2N6OS/c1-27-6-5-16-18(12-32)17-7-13(14-10-28-31(2)11-14)3-4-21(17)29-23(16)30-22-19(24)8-15(33-26)9-20(22)25/h3-12,27H,26H2,1-2H3,(H,29,30)/b6-5-. The molecule has 2 aromatic carbocycles. The van der Waals surface area contributed by atoms with Crippen molar-refractivity contribution in [3.63, 3.8) is 0 Å². The van der Waals surface area contributed by atoms with Gasteiger partial charge in [-0.15, -0.1) is 0 Å². The van der Waals surface area contributed by atoms with Gasteiger partial charge >= 0.3 is 0 Å². The molecule has 2 heterocycles. The Morgan fingerprint density at radius 2 is 1.88 bits per heavy atom. The summed E-state index contributed by atoms with van der Waals surface area (Å²) in [5.41, 5.74) is 4.09. The highest BCUT2D eigenvalue weighted by Gasteiger charge is 2.17. The minimum absolute atomic E-state index is 0.389. The van der Waals surface area contributed by atoms with E-state index in [9.17, 15) is 4.79 Å². The lowest BCUT2D eigenvalue weighted by Crippen LogP contribution is -2.04. The molecule has 0 bridgehead atoms. The molecule has 168 valence electrons. The number of benzene rings is 2. The van der Waals surface area contributed by atoms with Crippen LogP contribution in [-0.2, 0) is 7.05 Å². The van der Waals surface area contributed by atoms with E-state index < -0.39 is 0 Å². The van der Waals surface area contributed by atoms with Crippen LogP contribution in [0.3, 0.4) is 0 Å². The van der Waals surface area contributed by atoms with E-state index in [0.29, 0.717) is 38.2 Å². The third kappa shape index (κ3) is 4.69. The fraction of sp³-hybridized carbons (Fsp3) is 0.0870. The fourth-order valence-corrected chi connectivity index (χ4v) is 4.55. The largest absolute Gasteiger partial charge is 0.394 e. The molecule has 10 heteroatoms. The number of fused-ring (bicyclic) bond motifs is 1. The first kappa shape index (κ1) is 23.1. The van der Waals surface area contributed by atoms with Gasteiger partial charge in [-0.25, -0.2) is 4.98 Å². The maximum atomic E-state index is 12.3. The number of pyridine rings is 1. The van der Waals surface area contributed by atoms with Gasteiger partial charge in [-0.2, -0.15) is 5.10 Å². The lowest BCUT2D eigenvalue weighted by atomic mass is 9.99. The molecule has 0 saturated carbocycles. The molecule has 0 amide bonds. The number of carbonyl (C=O) groups is 1. The molecule has 33 heavy (non-hydrogen) atoms. The van der Waals surface area contributed by atoms with Crippen LogP contribution in [0.4, 0.5) is 11.5 Å². The topological polar surface area (TPSA) is 97.9 Å². The van der Waals surface area contributed by atoms with Crippen molar-refractivity contribution in [3.8, 4) is 11.1 Å². The lowest BCUT2D eigenvalue weighted by molar-refractivity contribution is 0.112. The molecule has 7 nitrogen and oxygen atoms in total. The first-order valence-electron chi connectivity index (χ1n) is 9.83. The molecule has 0 spiro atoms. The SMILES string of the molecule is CN/C=C\c1c(Nc2c(Cl)cc(SN)cc2Cl)nc2ccc(-c3cnn(C)c3)cc2c1C=O. The van der Waals surface area contributed by atoms with Crippen LogP contribution in [0.5, 0.6) is 0 Å². The van der Waals surface area contributed by atoms with Gasteiger partial charge in [-0.1, -0.05) is 29.3 Å². The van der Waals surface area contributed by atoms with Gasteiger partial charge in [0.15, 0.2) is 6.29 Å². The Morgan fingerprint density at radius 1 is 1.12 bits per heavy atom. The molecule has 0 unspecified atom stereocenters. The Kier molecular flexibility index (Phi) is 6.90. The molecule has 0 atom stereocenters. The van der Waals surface area contributed by atoms with Crippen molar-refractivity contribution in [2.45, 2.75) is 4.90 Å². The average Bonchev–Trinajstić information content (AvgIpc) is 3.25. The van der Waals surface area contributed by atoms with E-state index in [1.54, 1.807) is 42.3 Å². The molecular formula is C23H20Cl2N6OS. The van der Waals surface area contributed by atoms with Gasteiger partial charge in [0.05, 0.1) is 27.4 Å². The Balaban J connectivity index is 1.91. The van der Waals surface area contributed by atoms with Crippen LogP contribution in [0, 0.1) is 0 Å². The number of hydrogen-bond donors (Lipinski definition) is 3. The van der Waals surface area contributed by atoms with Gasteiger partial charge < -0.3 is 10.6 Å². The van der Waals surface area contributed by atoms with Gasteiger partial charge in [0.25, 0.3) is 0 Å². The Bertz CT molecular complexity index is 1360. The Morgan fingerprint density at radius 3 is 2.48 bits per heavy atom. The second kappa shape index (κ2) is 9.84. The molecule has 2 aromatic heterocycles. The van der Waals surface area contributed by atoms with E-state index in [1.165, 1.54) is 0 Å². The number of anilines is 2. The van der Waals surface area contributed by atoms with Gasteiger partial charge in [0.2, 0.25) is 0 Å². The van der Waals surface area contributed by atoms with Crippen LogP contribution in [0.1, 0.15) is 15.9 Å². The van der Waals surface area contributed by atoms with Crippen molar-refractivity contribution in [2.24, 2.45) is 12.2 Å². The monoisotopic (exact) mass is 498 g/mol. The molecule has 0 radical (unpaired) electrons. The maximum absolute atomic E-state index is 12.3. The number of carbonyl (C=O) groups excluding carboxylic acids is 1. The number of aryl methyl sites for hydroxylation is 1. The molecule has 0 fully saturated rings. The minimum Gasteiger partial charge on any atom is -0.394 e. The van der Waals surface area contributed by atoms with Crippen molar-refractivity contribution in [1.29, 1.82) is 0 Å². The number of hydrogen-bond acceptors (Lipinski definition) is 7. The van der Waals surface area contributed by atoms with E-state index in [1.807, 2.05) is 31.4 Å². The predicted molar refractivity (Wildman–Crippen MR) is 137 cm³/mol. The predicted octanol–water partition coefficient (Wildman–Crippen LogP) is 5.65. The molecule has 0 saturated heterocycles. The highest BCUT2D eigenvalue weighted by Crippen LogP contribution is 2.38. The van der Waals surface area contributed by atoms with Crippen molar-refractivity contribution in [3.05, 3.63) is 70.1 Å². The van der Waals surface area contributed by atoms with E-state index in [2.05, 4.69) is 15.7 Å². The van der Waals surface area contributed by atoms with Crippen molar-refractivity contribution in [1.82, 2.24) is 20.1 Å². The minimum atomic E-state index is 0.389. The first-order valence-corrected chi connectivity index (χ1v) is 11.5. The van der Waals surface area contributed by atoms with Gasteiger partial charge in [0, 0.05) is 47.3 Å². The summed E-state index contributed by atoms with van der Waals surface area (Å²) in [6.45, 7) is 0. The Hall–Kier alpha value is -3.04. The number of nitrogens with one attached hydrogen (secondary N) is 2. The highest BCUT2D eigenvalue weighted by molar-refractivity contribution is 7.97. The summed E-state index contributed by atoms with van der Waals surface area (Å²) in [6, 6.07) is 9.19. The van der Waals surface area contributed by atoms with Gasteiger partial charge in [-0.05, 0) is 54.1 Å². The smallest absolute Gasteiger partial charge is 0.151 e. The van der Waals surface area contributed by atoms with E-state index in [-0.39, 0.29) is 0 Å². The third-order valence-corrected chi connectivity index (χ3v) is 6.14. The zero-order valence-corrected chi connectivity index (χ0v) is 20.1. The first-order chi connectivity index (χ1) is 15.9. The van der Waals surface area contributed by atoms with Crippen LogP contribution in [-0.4, -0.2) is 28.1 Å². The third-order valence-electron chi connectivity index (χ3n) is 5.03. The second-order valence-corrected chi connectivity index (χ2v) is 8.69. The van der Waals surface area contributed by atoms with Crippen LogP contribution in [0.2, 0.25) is 10.0 Å². The zero-order chi connectivity index (χ0) is 23.5. The van der Waals surface area contributed by atoms with Crippen LogP contribution in [0.15, 0.2) is 53.8 Å². The summed E-state index contributed by atoms with van der Waals surface area (Å²) < 4.78 is 1.73. The van der Waals surface area contributed by atoms with Crippen molar-refractivity contribution >= 4 is 69.9 Å². The summed E-state index contributed by atoms with van der Waals surface area (Å²) in [7, 11) is 3.63. The fourth-order valence-electron chi connectivity index (χ4n) is 3.47. The average molecular weight is 499 g/mol. The molecule has 4 rings (SSSR count). The van der Waals surface area contributed by atoms with Crippen LogP contribution < -0.4 is 15.8 Å². The lowest BCUT2D eigenvalue weighted by Gasteiger charge is -2.16. The van der Waals surface area contributed by atoms with E-state index in [0.717, 1.165) is 39.6 Å². The van der Waals surface area contributed by atoms with Crippen LogP contribution >= 0.6 is 35.1 Å². The summed E-state index contributed by atoms with van der Waals surface area (Å²) in [6.07, 6.45) is 8.03. The molecule has 0 aliphatic carbocycles. The number of nitrogens with zero attached hydrogens (tertiary/aromatic N) is 3. The Labute approximate surface area is 205 Å². The highest BCUT2D eigenvalue weighted by atomic mass is 35.5. The number of rotatable bonds is 7. The molecule has 0 aliphatic heterocycles. The van der Waals surface area contributed by atoms with Gasteiger partial charge in [-0.3, -0.25) is 14.6 Å². The molecule has 4 N–H and O–H groups in total. The number of nitrogens with two attached hydrogens (primary N) is 1. The number of aromatic nitrogens is 3. The summed E-state index contributed by atoms with van der Waals surface area (Å²) in [5, 5.41) is 17.5. The van der Waals surface area contributed by atoms with E-state index in [4.69, 9.17) is 33.3 Å². The van der Waals surface area contributed by atoms with Gasteiger partial charge in [0.1, 0.15) is 5.82 Å². The maximum Gasteiger partial charge on any atom is 0.151 e. The number of aldehydes is 1. The molecule has 4 aromatic rings. The van der Waals surface area contributed by atoms with Crippen LogP contribution in [0.25, 0.3) is 28.1 Å². The summed E-state index contributed by atoms with van der Waals surface area (Å²) in [5.74, 6) is 0.446. The molecule has 0 aliphatic rings. The van der Waals surface area contributed by atoms with E-state index >= 15 is 0 Å². The quantitative estimate of drug-likeness (QED) is 0.223. The number of halogens is 2. The zero-order valence-electron chi connectivity index (χ0n) is 17.8. The van der Waals surface area contributed by atoms with Crippen molar-refractivity contribution in [2.75, 3.05) is 12.4 Å². The molecular weight excluding hydrogens is 479 g/mol.